The van der Waals surface area contributed by atoms with E-state index >= 15 is 0 Å². The molecule has 156 valence electrons. The number of ether oxygens (including phenoxy) is 1. The number of benzene rings is 3. The molecular formula is C26H28BrNO2. The van der Waals surface area contributed by atoms with Crippen molar-refractivity contribution >= 4 is 21.8 Å². The zero-order valence-electron chi connectivity index (χ0n) is 17.9. The Balaban J connectivity index is 1.62. The number of halogens is 1. The fraction of sp³-hybridized carbons (Fsp3) is 0.269. The predicted octanol–water partition coefficient (Wildman–Crippen LogP) is 6.82. The second-order valence-electron chi connectivity index (χ2n) is 8.51. The Labute approximate surface area is 187 Å². The van der Waals surface area contributed by atoms with E-state index in [1.807, 2.05) is 55.5 Å². The molecular weight excluding hydrogens is 438 g/mol. The zero-order chi connectivity index (χ0) is 21.7. The van der Waals surface area contributed by atoms with Gasteiger partial charge >= 0.3 is 0 Å². The lowest BCUT2D eigenvalue weighted by molar-refractivity contribution is 0.0939. The average molecular weight is 466 g/mol. The van der Waals surface area contributed by atoms with Crippen LogP contribution in [0.3, 0.4) is 0 Å². The first kappa shape index (κ1) is 22.1. The topological polar surface area (TPSA) is 38.3 Å². The van der Waals surface area contributed by atoms with E-state index in [-0.39, 0.29) is 17.4 Å². The molecule has 3 nitrogen and oxygen atoms in total. The first-order valence-electron chi connectivity index (χ1n) is 10.1. The van der Waals surface area contributed by atoms with E-state index in [9.17, 15) is 4.79 Å². The Morgan fingerprint density at radius 2 is 1.67 bits per heavy atom. The van der Waals surface area contributed by atoms with Gasteiger partial charge in [-0.15, -0.1) is 0 Å². The van der Waals surface area contributed by atoms with Crippen molar-refractivity contribution in [3.8, 4) is 5.75 Å². The number of carbonyl (C=O) groups excluding carboxylic acids is 1. The maximum absolute atomic E-state index is 12.8. The van der Waals surface area contributed by atoms with E-state index in [1.54, 1.807) is 0 Å². The van der Waals surface area contributed by atoms with Crippen molar-refractivity contribution in [2.75, 3.05) is 0 Å². The van der Waals surface area contributed by atoms with Crippen LogP contribution >= 0.6 is 15.9 Å². The summed E-state index contributed by atoms with van der Waals surface area (Å²) in [6.07, 6.45) is 0. The van der Waals surface area contributed by atoms with E-state index in [1.165, 1.54) is 5.56 Å². The van der Waals surface area contributed by atoms with Crippen LogP contribution in [0.5, 0.6) is 5.75 Å². The van der Waals surface area contributed by atoms with Gasteiger partial charge in [0.1, 0.15) is 12.4 Å². The summed E-state index contributed by atoms with van der Waals surface area (Å²) in [7, 11) is 0. The zero-order valence-corrected chi connectivity index (χ0v) is 19.5. The van der Waals surface area contributed by atoms with Gasteiger partial charge < -0.3 is 10.1 Å². The first-order chi connectivity index (χ1) is 14.2. The van der Waals surface area contributed by atoms with Gasteiger partial charge in [-0.25, -0.2) is 0 Å². The Morgan fingerprint density at radius 1 is 1.00 bits per heavy atom. The summed E-state index contributed by atoms with van der Waals surface area (Å²) in [5.41, 5.74) is 4.07. The third-order valence-electron chi connectivity index (χ3n) is 5.03. The normalized spacial score (nSPS) is 12.3. The van der Waals surface area contributed by atoms with Crippen LogP contribution < -0.4 is 10.1 Å². The molecule has 4 heteroatoms. The Kier molecular flexibility index (Phi) is 6.99. The van der Waals surface area contributed by atoms with Crippen LogP contribution in [-0.4, -0.2) is 5.91 Å². The quantitative estimate of drug-likeness (QED) is 0.433. The lowest BCUT2D eigenvalue weighted by Crippen LogP contribution is -2.26. The molecule has 0 spiro atoms. The molecule has 0 aliphatic carbocycles. The highest BCUT2D eigenvalue weighted by molar-refractivity contribution is 9.10. The lowest BCUT2D eigenvalue weighted by atomic mass is 9.86. The van der Waals surface area contributed by atoms with Gasteiger partial charge in [0.25, 0.3) is 5.91 Å². The van der Waals surface area contributed by atoms with Crippen LogP contribution in [0.1, 0.15) is 60.8 Å². The van der Waals surface area contributed by atoms with Crippen LogP contribution in [0.2, 0.25) is 0 Å². The van der Waals surface area contributed by atoms with Crippen LogP contribution in [0.15, 0.2) is 77.3 Å². The molecule has 0 saturated carbocycles. The highest BCUT2D eigenvalue weighted by atomic mass is 79.9. The van der Waals surface area contributed by atoms with Crippen LogP contribution in [0, 0.1) is 0 Å². The Bertz CT molecular complexity index is 989. The van der Waals surface area contributed by atoms with Gasteiger partial charge in [-0.1, -0.05) is 73.1 Å². The van der Waals surface area contributed by atoms with Gasteiger partial charge in [-0.2, -0.15) is 0 Å². The summed E-state index contributed by atoms with van der Waals surface area (Å²) in [6, 6.07) is 23.6. The van der Waals surface area contributed by atoms with Gasteiger partial charge in [0.15, 0.2) is 0 Å². The molecule has 0 aromatic heterocycles. The highest BCUT2D eigenvalue weighted by Gasteiger charge is 2.15. The number of nitrogens with one attached hydrogen (secondary N) is 1. The molecule has 0 radical (unpaired) electrons. The van der Waals surface area contributed by atoms with Gasteiger partial charge in [-0.05, 0) is 65.4 Å². The molecule has 0 saturated heterocycles. The Hall–Kier alpha value is -2.59. The fourth-order valence-electron chi connectivity index (χ4n) is 3.13. The lowest BCUT2D eigenvalue weighted by Gasteiger charge is -2.21. The Morgan fingerprint density at radius 3 is 2.30 bits per heavy atom. The summed E-state index contributed by atoms with van der Waals surface area (Å²) < 4.78 is 6.83. The average Bonchev–Trinajstić information content (AvgIpc) is 2.73. The van der Waals surface area contributed by atoms with Gasteiger partial charge in [0, 0.05) is 10.0 Å². The van der Waals surface area contributed by atoms with E-state index < -0.39 is 0 Å². The first-order valence-corrected chi connectivity index (χ1v) is 10.9. The second kappa shape index (κ2) is 9.48. The molecule has 3 rings (SSSR count). The summed E-state index contributed by atoms with van der Waals surface area (Å²) in [6.45, 7) is 9.00. The molecule has 0 bridgehead atoms. The van der Waals surface area contributed by atoms with Crippen molar-refractivity contribution in [1.82, 2.24) is 5.32 Å². The highest BCUT2D eigenvalue weighted by Crippen LogP contribution is 2.24. The van der Waals surface area contributed by atoms with Crippen molar-refractivity contribution in [2.24, 2.45) is 0 Å². The minimum absolute atomic E-state index is 0.0748. The molecule has 0 aliphatic rings. The number of hydrogen-bond donors (Lipinski definition) is 1. The molecule has 0 heterocycles. The van der Waals surface area contributed by atoms with Crippen LogP contribution in [0.4, 0.5) is 0 Å². The van der Waals surface area contributed by atoms with Crippen molar-refractivity contribution in [3.05, 3.63) is 99.5 Å². The SMILES string of the molecule is C[C@@H](NC(=O)c1cccc(COc2ccc(Br)cc2)c1)c1ccc(C(C)(C)C)cc1. The summed E-state index contributed by atoms with van der Waals surface area (Å²) >= 11 is 3.42. The fourth-order valence-corrected chi connectivity index (χ4v) is 3.40. The van der Waals surface area contributed by atoms with Crippen LogP contribution in [-0.2, 0) is 12.0 Å². The number of rotatable bonds is 6. The van der Waals surface area contributed by atoms with Crippen molar-refractivity contribution in [3.63, 3.8) is 0 Å². The monoisotopic (exact) mass is 465 g/mol. The van der Waals surface area contributed by atoms with E-state index in [2.05, 4.69) is 66.3 Å². The minimum atomic E-state index is -0.0899. The smallest absolute Gasteiger partial charge is 0.251 e. The van der Waals surface area contributed by atoms with Crippen LogP contribution in [0.25, 0.3) is 0 Å². The third-order valence-corrected chi connectivity index (χ3v) is 5.56. The summed E-state index contributed by atoms with van der Waals surface area (Å²) in [4.78, 5) is 12.8. The maximum Gasteiger partial charge on any atom is 0.251 e. The summed E-state index contributed by atoms with van der Waals surface area (Å²) in [5, 5.41) is 3.09. The van der Waals surface area contributed by atoms with Crippen molar-refractivity contribution in [1.29, 1.82) is 0 Å². The van der Waals surface area contributed by atoms with Gasteiger partial charge in [0.05, 0.1) is 6.04 Å². The van der Waals surface area contributed by atoms with Crippen molar-refractivity contribution in [2.45, 2.75) is 45.8 Å². The molecule has 0 fully saturated rings. The molecule has 1 atom stereocenters. The standard InChI is InChI=1S/C26H28BrNO2/c1-18(20-8-10-22(11-9-20)26(2,3)4)28-25(29)21-7-5-6-19(16-21)17-30-24-14-12-23(27)13-15-24/h5-16,18H,17H2,1-4H3,(H,28,29)/t18-/m1/s1. The van der Waals surface area contributed by atoms with Crippen molar-refractivity contribution < 1.29 is 9.53 Å². The molecule has 1 N–H and O–H groups in total. The minimum Gasteiger partial charge on any atom is -0.489 e. The number of amides is 1. The summed E-state index contributed by atoms with van der Waals surface area (Å²) in [5.74, 6) is 0.702. The number of carbonyl (C=O) groups is 1. The maximum atomic E-state index is 12.8. The largest absolute Gasteiger partial charge is 0.489 e. The van der Waals surface area contributed by atoms with Gasteiger partial charge in [0.2, 0.25) is 0 Å². The van der Waals surface area contributed by atoms with E-state index in [4.69, 9.17) is 4.74 Å². The molecule has 1 amide bonds. The predicted molar refractivity (Wildman–Crippen MR) is 126 cm³/mol. The molecule has 30 heavy (non-hydrogen) atoms. The molecule has 0 unspecified atom stereocenters. The molecule has 0 aliphatic heterocycles. The van der Waals surface area contributed by atoms with E-state index in [0.29, 0.717) is 12.2 Å². The second-order valence-corrected chi connectivity index (χ2v) is 9.43. The molecule has 3 aromatic rings. The number of hydrogen-bond acceptors (Lipinski definition) is 2. The molecule has 3 aromatic carbocycles. The van der Waals surface area contributed by atoms with Gasteiger partial charge in [-0.3, -0.25) is 4.79 Å². The van der Waals surface area contributed by atoms with E-state index in [0.717, 1.165) is 21.3 Å². The third kappa shape index (κ3) is 5.96.